The minimum atomic E-state index is -0.224. The first-order valence-electron chi connectivity index (χ1n) is 7.37. The monoisotopic (exact) mass is 297 g/mol. The van der Waals surface area contributed by atoms with Gasteiger partial charge in [0.05, 0.1) is 6.61 Å². The molecule has 112 valence electrons. The van der Waals surface area contributed by atoms with Crippen molar-refractivity contribution in [1.82, 2.24) is 0 Å². The van der Waals surface area contributed by atoms with E-state index in [0.717, 1.165) is 18.5 Å². The molecular weight excluding hydrogens is 274 g/mol. The van der Waals surface area contributed by atoms with Gasteiger partial charge in [0.25, 0.3) is 0 Å². The Hall–Kier alpha value is -1.22. The number of hydrogen-bond donors (Lipinski definition) is 1. The Kier molecular flexibility index (Phi) is 8.88. The van der Waals surface area contributed by atoms with E-state index in [0.29, 0.717) is 11.6 Å². The first kappa shape index (κ1) is 16.8. The zero-order valence-electron chi connectivity index (χ0n) is 12.2. The van der Waals surface area contributed by atoms with Crippen LogP contribution in [0.25, 0.3) is 0 Å². The van der Waals surface area contributed by atoms with Crippen molar-refractivity contribution in [2.45, 2.75) is 45.4 Å². The molecule has 1 N–H and O–H groups in total. The van der Waals surface area contributed by atoms with Crippen LogP contribution in [-0.2, 0) is 9.53 Å². The summed E-state index contributed by atoms with van der Waals surface area (Å²) in [4.78, 5) is 11.5. The number of ether oxygens (including phenoxy) is 1. The third-order valence-corrected chi connectivity index (χ3v) is 3.26. The van der Waals surface area contributed by atoms with E-state index in [2.05, 4.69) is 12.2 Å². The highest BCUT2D eigenvalue weighted by molar-refractivity contribution is 6.30. The van der Waals surface area contributed by atoms with Crippen molar-refractivity contribution in [2.75, 3.05) is 18.5 Å². The second kappa shape index (κ2) is 10.6. The smallest absolute Gasteiger partial charge is 0.325 e. The minimum absolute atomic E-state index is 0.177. The molecule has 1 aromatic carbocycles. The summed E-state index contributed by atoms with van der Waals surface area (Å²) >= 11 is 5.86. The molecule has 1 aromatic rings. The molecule has 4 heteroatoms. The van der Waals surface area contributed by atoms with Gasteiger partial charge in [0, 0.05) is 10.7 Å². The quantitative estimate of drug-likeness (QED) is 0.504. The van der Waals surface area contributed by atoms with Gasteiger partial charge in [-0.2, -0.15) is 0 Å². The van der Waals surface area contributed by atoms with Gasteiger partial charge in [-0.1, -0.05) is 56.7 Å². The summed E-state index contributed by atoms with van der Waals surface area (Å²) in [6.45, 7) is 2.90. The number of anilines is 1. The van der Waals surface area contributed by atoms with Crippen LogP contribution in [0.4, 0.5) is 5.69 Å². The van der Waals surface area contributed by atoms with Gasteiger partial charge >= 0.3 is 5.97 Å². The van der Waals surface area contributed by atoms with E-state index < -0.39 is 0 Å². The second-order valence-electron chi connectivity index (χ2n) is 4.85. The van der Waals surface area contributed by atoms with Crippen LogP contribution in [0, 0.1) is 0 Å². The molecule has 0 unspecified atom stereocenters. The first-order valence-corrected chi connectivity index (χ1v) is 7.75. The lowest BCUT2D eigenvalue weighted by Crippen LogP contribution is -2.17. The molecule has 0 saturated carbocycles. The Morgan fingerprint density at radius 3 is 2.70 bits per heavy atom. The summed E-state index contributed by atoms with van der Waals surface area (Å²) in [5.41, 5.74) is 0.828. The molecule has 0 spiro atoms. The molecule has 3 nitrogen and oxygen atoms in total. The maximum Gasteiger partial charge on any atom is 0.325 e. The van der Waals surface area contributed by atoms with Crippen molar-refractivity contribution < 1.29 is 9.53 Å². The van der Waals surface area contributed by atoms with E-state index in [9.17, 15) is 4.79 Å². The van der Waals surface area contributed by atoms with Crippen LogP contribution >= 0.6 is 11.6 Å². The molecule has 0 radical (unpaired) electrons. The Bertz CT molecular complexity index is 396. The fraction of sp³-hybridized carbons (Fsp3) is 0.562. The molecule has 0 fully saturated rings. The lowest BCUT2D eigenvalue weighted by atomic mass is 10.1. The lowest BCUT2D eigenvalue weighted by molar-refractivity contribution is -0.141. The summed E-state index contributed by atoms with van der Waals surface area (Å²) in [6.07, 6.45) is 7.14. The molecular formula is C16H24ClNO2. The fourth-order valence-electron chi connectivity index (χ4n) is 1.89. The van der Waals surface area contributed by atoms with Gasteiger partial charge in [-0.15, -0.1) is 0 Å². The van der Waals surface area contributed by atoms with Crippen LogP contribution in [0.1, 0.15) is 45.4 Å². The molecule has 20 heavy (non-hydrogen) atoms. The van der Waals surface area contributed by atoms with E-state index in [1.807, 2.05) is 12.1 Å². The standard InChI is InChI=1S/C16H24ClNO2/c1-2-3-4-5-6-7-11-20-16(19)13-18-15-10-8-9-14(17)12-15/h8-10,12,18H,2-7,11,13H2,1H3. The summed E-state index contributed by atoms with van der Waals surface area (Å²) in [5.74, 6) is -0.224. The Balaban J connectivity index is 2.03. The zero-order valence-corrected chi connectivity index (χ0v) is 12.9. The summed E-state index contributed by atoms with van der Waals surface area (Å²) in [6, 6.07) is 7.28. The van der Waals surface area contributed by atoms with E-state index in [-0.39, 0.29) is 12.5 Å². The molecule has 0 aromatic heterocycles. The van der Waals surface area contributed by atoms with Crippen molar-refractivity contribution in [2.24, 2.45) is 0 Å². The van der Waals surface area contributed by atoms with Crippen molar-refractivity contribution in [3.05, 3.63) is 29.3 Å². The topological polar surface area (TPSA) is 38.3 Å². The Morgan fingerprint density at radius 1 is 1.20 bits per heavy atom. The average Bonchev–Trinajstić information content (AvgIpc) is 2.44. The van der Waals surface area contributed by atoms with Crippen LogP contribution in [0.5, 0.6) is 0 Å². The molecule has 0 aliphatic rings. The van der Waals surface area contributed by atoms with E-state index in [1.54, 1.807) is 12.1 Å². The molecule has 0 saturated heterocycles. The lowest BCUT2D eigenvalue weighted by Gasteiger charge is -2.07. The second-order valence-corrected chi connectivity index (χ2v) is 5.29. The number of rotatable bonds is 10. The van der Waals surface area contributed by atoms with Gasteiger partial charge in [0.2, 0.25) is 0 Å². The predicted octanol–water partition coefficient (Wildman–Crippen LogP) is 4.66. The maximum atomic E-state index is 11.5. The van der Waals surface area contributed by atoms with Crippen molar-refractivity contribution >= 4 is 23.3 Å². The molecule has 0 atom stereocenters. The van der Waals surface area contributed by atoms with E-state index >= 15 is 0 Å². The van der Waals surface area contributed by atoms with Gasteiger partial charge in [-0.25, -0.2) is 0 Å². The highest BCUT2D eigenvalue weighted by Crippen LogP contribution is 2.14. The normalized spacial score (nSPS) is 10.3. The number of carbonyl (C=O) groups excluding carboxylic acids is 1. The molecule has 0 aliphatic heterocycles. The SMILES string of the molecule is CCCCCCCCOC(=O)CNc1cccc(Cl)c1. The van der Waals surface area contributed by atoms with Crippen LogP contribution < -0.4 is 5.32 Å². The van der Waals surface area contributed by atoms with Crippen LogP contribution in [-0.4, -0.2) is 19.1 Å². The van der Waals surface area contributed by atoms with Crippen LogP contribution in [0.15, 0.2) is 24.3 Å². The van der Waals surface area contributed by atoms with Gasteiger partial charge in [-0.3, -0.25) is 4.79 Å². The van der Waals surface area contributed by atoms with E-state index in [1.165, 1.54) is 25.7 Å². The molecule has 0 aliphatic carbocycles. The van der Waals surface area contributed by atoms with Crippen molar-refractivity contribution in [3.8, 4) is 0 Å². The first-order chi connectivity index (χ1) is 9.72. The maximum absolute atomic E-state index is 11.5. The van der Waals surface area contributed by atoms with Crippen molar-refractivity contribution in [3.63, 3.8) is 0 Å². The van der Waals surface area contributed by atoms with Gasteiger partial charge < -0.3 is 10.1 Å². The van der Waals surface area contributed by atoms with Gasteiger partial charge in [0.15, 0.2) is 0 Å². The number of nitrogens with one attached hydrogen (secondary N) is 1. The molecule has 0 amide bonds. The minimum Gasteiger partial charge on any atom is -0.464 e. The third kappa shape index (κ3) is 8.05. The number of benzene rings is 1. The molecule has 0 bridgehead atoms. The largest absolute Gasteiger partial charge is 0.464 e. The van der Waals surface area contributed by atoms with Gasteiger partial charge in [0.1, 0.15) is 6.54 Å². The summed E-state index contributed by atoms with van der Waals surface area (Å²) < 4.78 is 5.17. The van der Waals surface area contributed by atoms with Crippen LogP contribution in [0.3, 0.4) is 0 Å². The molecule has 0 heterocycles. The number of carbonyl (C=O) groups is 1. The van der Waals surface area contributed by atoms with E-state index in [4.69, 9.17) is 16.3 Å². The highest BCUT2D eigenvalue weighted by Gasteiger charge is 2.02. The van der Waals surface area contributed by atoms with Crippen LogP contribution in [0.2, 0.25) is 5.02 Å². The number of esters is 1. The number of unbranched alkanes of at least 4 members (excludes halogenated alkanes) is 5. The highest BCUT2D eigenvalue weighted by atomic mass is 35.5. The Morgan fingerprint density at radius 2 is 1.95 bits per heavy atom. The molecule has 1 rings (SSSR count). The number of halogens is 1. The van der Waals surface area contributed by atoms with Gasteiger partial charge in [-0.05, 0) is 24.6 Å². The Labute approximate surface area is 126 Å². The fourth-order valence-corrected chi connectivity index (χ4v) is 2.08. The van der Waals surface area contributed by atoms with Crippen molar-refractivity contribution in [1.29, 1.82) is 0 Å². The predicted molar refractivity (Wildman–Crippen MR) is 84.3 cm³/mol. The third-order valence-electron chi connectivity index (χ3n) is 3.02. The zero-order chi connectivity index (χ0) is 14.6. The summed E-state index contributed by atoms with van der Waals surface area (Å²) in [7, 11) is 0. The number of hydrogen-bond acceptors (Lipinski definition) is 3. The average molecular weight is 298 g/mol. The summed E-state index contributed by atoms with van der Waals surface area (Å²) in [5, 5.41) is 3.64.